The van der Waals surface area contributed by atoms with Crippen molar-refractivity contribution in [1.82, 2.24) is 19.4 Å². The van der Waals surface area contributed by atoms with Gasteiger partial charge in [-0.2, -0.15) is 5.10 Å². The first-order chi connectivity index (χ1) is 17.5. The number of hydrogen-bond acceptors (Lipinski definition) is 8. The first-order valence-electron chi connectivity index (χ1n) is 11.7. The van der Waals surface area contributed by atoms with E-state index in [-0.39, 0.29) is 11.2 Å². The highest BCUT2D eigenvalue weighted by Crippen LogP contribution is 2.33. The normalized spacial score (nSPS) is 14.4. The number of nitrogen functional groups attached to an aromatic ring is 1. The predicted octanol–water partition coefficient (Wildman–Crippen LogP) is 2.74. The molecule has 1 saturated heterocycles. The van der Waals surface area contributed by atoms with E-state index in [2.05, 4.69) is 4.90 Å². The standard InChI is InChI=1S/C25H28ClN5O5/c1-33-16-5-7-20-18(14-16)23-22(24(27)30(28-23)21-15-17(34-2)4-6-19(21)26)25(32)31(20)36-11-3-8-29-9-12-35-13-10-29/h4-7,14-15H,3,8-13,27H2,1-2H3. The lowest BCUT2D eigenvalue weighted by Gasteiger charge is -2.26. The summed E-state index contributed by atoms with van der Waals surface area (Å²) >= 11 is 6.46. The minimum absolute atomic E-state index is 0.153. The lowest BCUT2D eigenvalue weighted by atomic mass is 10.1. The van der Waals surface area contributed by atoms with Gasteiger partial charge in [0, 0.05) is 31.1 Å². The van der Waals surface area contributed by atoms with Crippen molar-refractivity contribution in [3.05, 3.63) is 51.8 Å². The van der Waals surface area contributed by atoms with Crippen LogP contribution in [-0.4, -0.2) is 73.1 Å². The highest BCUT2D eigenvalue weighted by molar-refractivity contribution is 6.32. The second-order valence-electron chi connectivity index (χ2n) is 8.46. The van der Waals surface area contributed by atoms with Crippen LogP contribution >= 0.6 is 11.6 Å². The summed E-state index contributed by atoms with van der Waals surface area (Å²) in [6.07, 6.45) is 0.760. The maximum atomic E-state index is 13.7. The van der Waals surface area contributed by atoms with Gasteiger partial charge in [-0.25, -0.2) is 4.68 Å². The number of nitrogens with two attached hydrogens (primary N) is 1. The van der Waals surface area contributed by atoms with Crippen LogP contribution in [0.2, 0.25) is 5.02 Å². The number of nitrogens with zero attached hydrogens (tertiary/aromatic N) is 4. The molecule has 1 fully saturated rings. The Morgan fingerprint density at radius 3 is 2.56 bits per heavy atom. The summed E-state index contributed by atoms with van der Waals surface area (Å²) in [7, 11) is 3.14. The van der Waals surface area contributed by atoms with Crippen molar-refractivity contribution in [2.45, 2.75) is 6.42 Å². The molecule has 2 N–H and O–H groups in total. The molecule has 190 valence electrons. The summed E-state index contributed by atoms with van der Waals surface area (Å²) in [5.74, 6) is 1.36. The number of anilines is 1. The second kappa shape index (κ2) is 10.3. The first kappa shape index (κ1) is 24.2. The molecule has 4 aromatic rings. The highest BCUT2D eigenvalue weighted by Gasteiger charge is 2.22. The van der Waals surface area contributed by atoms with E-state index in [1.807, 2.05) is 6.07 Å². The predicted molar refractivity (Wildman–Crippen MR) is 139 cm³/mol. The number of aromatic nitrogens is 3. The Bertz CT molecular complexity index is 1460. The Hall–Kier alpha value is -3.47. The van der Waals surface area contributed by atoms with E-state index < -0.39 is 5.56 Å². The van der Waals surface area contributed by atoms with E-state index in [1.54, 1.807) is 44.6 Å². The molecule has 0 atom stereocenters. The number of fused-ring (bicyclic) bond motifs is 3. The summed E-state index contributed by atoms with van der Waals surface area (Å²) in [6, 6.07) is 10.5. The second-order valence-corrected chi connectivity index (χ2v) is 8.87. The van der Waals surface area contributed by atoms with Crippen molar-refractivity contribution >= 4 is 39.2 Å². The van der Waals surface area contributed by atoms with Crippen molar-refractivity contribution in [1.29, 1.82) is 0 Å². The van der Waals surface area contributed by atoms with E-state index in [0.717, 1.165) is 39.3 Å². The molecule has 5 rings (SSSR count). The first-order valence-corrected chi connectivity index (χ1v) is 12.1. The van der Waals surface area contributed by atoms with Gasteiger partial charge in [-0.05, 0) is 36.8 Å². The Morgan fingerprint density at radius 2 is 1.81 bits per heavy atom. The number of hydrogen-bond donors (Lipinski definition) is 1. The summed E-state index contributed by atoms with van der Waals surface area (Å²) in [5, 5.41) is 6.01. The Balaban J connectivity index is 1.59. The Morgan fingerprint density at radius 1 is 1.08 bits per heavy atom. The third-order valence-electron chi connectivity index (χ3n) is 6.32. The van der Waals surface area contributed by atoms with Gasteiger partial charge in [0.2, 0.25) is 0 Å². The smallest absolute Gasteiger partial charge is 0.296 e. The van der Waals surface area contributed by atoms with Crippen LogP contribution in [0.25, 0.3) is 27.5 Å². The molecule has 0 radical (unpaired) electrons. The number of morpholine rings is 1. The van der Waals surface area contributed by atoms with Crippen LogP contribution in [0.3, 0.4) is 0 Å². The van der Waals surface area contributed by atoms with Crippen LogP contribution in [0.4, 0.5) is 5.82 Å². The van der Waals surface area contributed by atoms with Gasteiger partial charge in [0.1, 0.15) is 34.8 Å². The molecule has 1 aliphatic rings. The van der Waals surface area contributed by atoms with Crippen LogP contribution in [0, 0.1) is 0 Å². The quantitative estimate of drug-likeness (QED) is 0.358. The number of ether oxygens (including phenoxy) is 3. The summed E-state index contributed by atoms with van der Waals surface area (Å²) in [6.45, 7) is 4.50. The molecule has 0 amide bonds. The van der Waals surface area contributed by atoms with Crippen molar-refractivity contribution < 1.29 is 19.0 Å². The van der Waals surface area contributed by atoms with E-state index in [0.29, 0.717) is 45.2 Å². The van der Waals surface area contributed by atoms with Gasteiger partial charge in [-0.3, -0.25) is 9.69 Å². The maximum absolute atomic E-state index is 13.7. The zero-order valence-electron chi connectivity index (χ0n) is 20.2. The fourth-order valence-electron chi connectivity index (χ4n) is 4.41. The minimum atomic E-state index is -0.392. The fourth-order valence-corrected chi connectivity index (χ4v) is 4.61. The van der Waals surface area contributed by atoms with Crippen LogP contribution in [-0.2, 0) is 4.74 Å². The largest absolute Gasteiger partial charge is 0.497 e. The molecular formula is C25H28ClN5O5. The summed E-state index contributed by atoms with van der Waals surface area (Å²) in [5.41, 5.74) is 7.60. The van der Waals surface area contributed by atoms with Crippen LogP contribution in [0.15, 0.2) is 41.2 Å². The van der Waals surface area contributed by atoms with Gasteiger partial charge in [0.05, 0.1) is 43.7 Å². The van der Waals surface area contributed by atoms with Gasteiger partial charge in [0.25, 0.3) is 5.56 Å². The van der Waals surface area contributed by atoms with E-state index >= 15 is 0 Å². The minimum Gasteiger partial charge on any atom is -0.497 e. The van der Waals surface area contributed by atoms with Crippen LogP contribution in [0.1, 0.15) is 6.42 Å². The molecule has 2 aromatic heterocycles. The number of methoxy groups -OCH3 is 2. The molecule has 36 heavy (non-hydrogen) atoms. The van der Waals surface area contributed by atoms with Gasteiger partial charge in [-0.15, -0.1) is 4.73 Å². The highest BCUT2D eigenvalue weighted by atomic mass is 35.5. The maximum Gasteiger partial charge on any atom is 0.296 e. The molecule has 0 saturated carbocycles. The van der Waals surface area contributed by atoms with Gasteiger partial charge in [0.15, 0.2) is 0 Å². The molecule has 10 nitrogen and oxygen atoms in total. The van der Waals surface area contributed by atoms with Crippen molar-refractivity contribution in [3.63, 3.8) is 0 Å². The summed E-state index contributed by atoms with van der Waals surface area (Å²) in [4.78, 5) is 22.0. The lowest BCUT2D eigenvalue weighted by molar-refractivity contribution is 0.0309. The lowest BCUT2D eigenvalue weighted by Crippen LogP contribution is -2.37. The van der Waals surface area contributed by atoms with Crippen molar-refractivity contribution in [2.24, 2.45) is 0 Å². The van der Waals surface area contributed by atoms with Crippen LogP contribution in [0.5, 0.6) is 11.5 Å². The van der Waals surface area contributed by atoms with E-state index in [4.69, 9.17) is 41.5 Å². The molecule has 0 spiro atoms. The third kappa shape index (κ3) is 4.43. The SMILES string of the molecule is COc1ccc(Cl)c(-n2nc3c(c2N)c(=O)n(OCCCN2CCOCC2)c2ccc(OC)cc32)c1. The zero-order chi connectivity index (χ0) is 25.2. The number of benzene rings is 2. The zero-order valence-corrected chi connectivity index (χ0v) is 21.0. The molecule has 3 heterocycles. The fraction of sp³-hybridized carbons (Fsp3) is 0.360. The number of halogens is 1. The monoisotopic (exact) mass is 513 g/mol. The number of rotatable bonds is 8. The average Bonchev–Trinajstić information content (AvgIpc) is 3.26. The van der Waals surface area contributed by atoms with Crippen molar-refractivity contribution in [2.75, 3.05) is 59.4 Å². The van der Waals surface area contributed by atoms with Gasteiger partial charge in [-0.1, -0.05) is 11.6 Å². The number of pyridine rings is 1. The Labute approximate surface area is 212 Å². The van der Waals surface area contributed by atoms with E-state index in [1.165, 1.54) is 9.41 Å². The molecule has 2 aromatic carbocycles. The molecule has 1 aliphatic heterocycles. The average molecular weight is 514 g/mol. The molecule has 11 heteroatoms. The van der Waals surface area contributed by atoms with Gasteiger partial charge < -0.3 is 24.8 Å². The molecule has 0 bridgehead atoms. The molecule has 0 aliphatic carbocycles. The third-order valence-corrected chi connectivity index (χ3v) is 6.64. The van der Waals surface area contributed by atoms with E-state index in [9.17, 15) is 4.79 Å². The van der Waals surface area contributed by atoms with Crippen LogP contribution < -0.4 is 25.6 Å². The summed E-state index contributed by atoms with van der Waals surface area (Å²) < 4.78 is 18.9. The van der Waals surface area contributed by atoms with Crippen molar-refractivity contribution in [3.8, 4) is 17.2 Å². The topological polar surface area (TPSA) is 106 Å². The molecule has 0 unspecified atom stereocenters. The van der Waals surface area contributed by atoms with Gasteiger partial charge >= 0.3 is 0 Å². The molecular weight excluding hydrogens is 486 g/mol. The Kier molecular flexibility index (Phi) is 6.90.